The van der Waals surface area contributed by atoms with E-state index in [1.165, 1.54) is 0 Å². The number of carboxylic acid groups (broad SMARTS) is 1. The number of hydrogen-bond donors (Lipinski definition) is 1. The summed E-state index contributed by atoms with van der Waals surface area (Å²) in [5.41, 5.74) is 0.761. The number of likely N-dealkylation sites (N-methyl/N-ethyl adjacent to an activating group) is 1. The number of nitrogens with zero attached hydrogens (tertiary/aromatic N) is 1. The molecule has 0 spiro atoms. The lowest BCUT2D eigenvalue weighted by Gasteiger charge is -2.26. The van der Waals surface area contributed by atoms with Gasteiger partial charge in [-0.05, 0) is 37.7 Å². The van der Waals surface area contributed by atoms with Crippen molar-refractivity contribution >= 4 is 5.97 Å². The van der Waals surface area contributed by atoms with E-state index in [1.807, 2.05) is 43.9 Å². The van der Waals surface area contributed by atoms with Crippen molar-refractivity contribution in [3.63, 3.8) is 0 Å². The Kier molecular flexibility index (Phi) is 5.65. The minimum Gasteiger partial charge on any atom is -0.494 e. The average Bonchev–Trinajstić information content (AvgIpc) is 2.36. The van der Waals surface area contributed by atoms with Crippen molar-refractivity contribution in [3.8, 4) is 5.75 Å². The zero-order valence-electron chi connectivity index (χ0n) is 11.2. The van der Waals surface area contributed by atoms with Gasteiger partial charge in [0.1, 0.15) is 11.8 Å². The number of ether oxygens (including phenoxy) is 1. The van der Waals surface area contributed by atoms with Crippen LogP contribution in [0.25, 0.3) is 0 Å². The van der Waals surface area contributed by atoms with Crippen LogP contribution in [-0.2, 0) is 4.79 Å². The predicted octanol–water partition coefficient (Wildman–Crippen LogP) is 2.55. The minimum atomic E-state index is -0.827. The molecule has 0 aliphatic carbocycles. The van der Waals surface area contributed by atoms with E-state index in [-0.39, 0.29) is 0 Å². The first-order chi connectivity index (χ1) is 8.63. The molecule has 1 N–H and O–H groups in total. The second kappa shape index (κ2) is 7.01. The number of carboxylic acids is 1. The normalized spacial score (nSPS) is 12.4. The van der Waals surface area contributed by atoms with Gasteiger partial charge in [-0.25, -0.2) is 0 Å². The summed E-state index contributed by atoms with van der Waals surface area (Å²) < 4.78 is 5.41. The SMILES string of the molecule is CCOc1cccc(C(C(=O)O)N(CC)CC)c1. The Morgan fingerprint density at radius 3 is 2.50 bits per heavy atom. The first kappa shape index (κ1) is 14.5. The van der Waals surface area contributed by atoms with Crippen LogP contribution in [0.15, 0.2) is 24.3 Å². The third-order valence-electron chi connectivity index (χ3n) is 2.90. The largest absolute Gasteiger partial charge is 0.494 e. The van der Waals surface area contributed by atoms with E-state index in [4.69, 9.17) is 4.74 Å². The van der Waals surface area contributed by atoms with Crippen molar-refractivity contribution in [2.24, 2.45) is 0 Å². The Labute approximate surface area is 108 Å². The zero-order valence-corrected chi connectivity index (χ0v) is 11.2. The molecule has 4 nitrogen and oxygen atoms in total. The number of hydrogen-bond acceptors (Lipinski definition) is 3. The van der Waals surface area contributed by atoms with Crippen LogP contribution in [0.1, 0.15) is 32.4 Å². The summed E-state index contributed by atoms with van der Waals surface area (Å²) in [6.45, 7) is 7.81. The number of rotatable bonds is 7. The quantitative estimate of drug-likeness (QED) is 0.809. The summed E-state index contributed by atoms with van der Waals surface area (Å²) in [5, 5.41) is 9.40. The molecule has 0 radical (unpaired) electrons. The Morgan fingerprint density at radius 1 is 1.33 bits per heavy atom. The summed E-state index contributed by atoms with van der Waals surface area (Å²) in [6.07, 6.45) is 0. The molecule has 4 heteroatoms. The number of benzene rings is 1. The molecule has 1 atom stereocenters. The maximum atomic E-state index is 11.4. The van der Waals surface area contributed by atoms with Gasteiger partial charge in [0.25, 0.3) is 0 Å². The standard InChI is InChI=1S/C14H21NO3/c1-4-15(5-2)13(14(16)17)11-8-7-9-12(10-11)18-6-3/h7-10,13H,4-6H2,1-3H3,(H,16,17). The van der Waals surface area contributed by atoms with Crippen LogP contribution in [0.2, 0.25) is 0 Å². The van der Waals surface area contributed by atoms with Gasteiger partial charge in [-0.1, -0.05) is 26.0 Å². The lowest BCUT2D eigenvalue weighted by Crippen LogP contribution is -2.33. The fourth-order valence-corrected chi connectivity index (χ4v) is 2.04. The fourth-order valence-electron chi connectivity index (χ4n) is 2.04. The first-order valence-electron chi connectivity index (χ1n) is 6.33. The highest BCUT2D eigenvalue weighted by atomic mass is 16.5. The van der Waals surface area contributed by atoms with Gasteiger partial charge < -0.3 is 9.84 Å². The highest BCUT2D eigenvalue weighted by Gasteiger charge is 2.25. The summed E-state index contributed by atoms with van der Waals surface area (Å²) in [4.78, 5) is 13.4. The summed E-state index contributed by atoms with van der Waals surface area (Å²) in [6, 6.07) is 6.70. The van der Waals surface area contributed by atoms with Gasteiger partial charge in [-0.3, -0.25) is 9.69 Å². The summed E-state index contributed by atoms with van der Waals surface area (Å²) >= 11 is 0. The average molecular weight is 251 g/mol. The molecule has 0 heterocycles. The van der Waals surface area contributed by atoms with Crippen molar-refractivity contribution < 1.29 is 14.6 Å². The third-order valence-corrected chi connectivity index (χ3v) is 2.90. The molecule has 0 aliphatic rings. The molecule has 1 aromatic carbocycles. The second-order valence-electron chi connectivity index (χ2n) is 3.97. The van der Waals surface area contributed by atoms with E-state index in [2.05, 4.69) is 0 Å². The van der Waals surface area contributed by atoms with Gasteiger partial charge in [-0.2, -0.15) is 0 Å². The first-order valence-corrected chi connectivity index (χ1v) is 6.33. The summed E-state index contributed by atoms with van der Waals surface area (Å²) in [5.74, 6) is -0.110. The zero-order chi connectivity index (χ0) is 13.5. The molecule has 1 aromatic rings. The van der Waals surface area contributed by atoms with Gasteiger partial charge in [0.05, 0.1) is 6.61 Å². The Balaban J connectivity index is 3.05. The Morgan fingerprint density at radius 2 is 2.00 bits per heavy atom. The number of aliphatic carboxylic acids is 1. The van der Waals surface area contributed by atoms with Crippen LogP contribution in [0.4, 0.5) is 0 Å². The monoisotopic (exact) mass is 251 g/mol. The van der Waals surface area contributed by atoms with Crippen LogP contribution in [0, 0.1) is 0 Å². The fraction of sp³-hybridized carbons (Fsp3) is 0.500. The minimum absolute atomic E-state index is 0.576. The van der Waals surface area contributed by atoms with E-state index < -0.39 is 12.0 Å². The van der Waals surface area contributed by atoms with E-state index in [1.54, 1.807) is 6.07 Å². The third kappa shape index (κ3) is 3.47. The Bertz CT molecular complexity index is 388. The van der Waals surface area contributed by atoms with Crippen molar-refractivity contribution in [1.29, 1.82) is 0 Å². The molecule has 0 aliphatic heterocycles. The van der Waals surface area contributed by atoms with Crippen molar-refractivity contribution in [3.05, 3.63) is 29.8 Å². The molecule has 0 saturated carbocycles. The van der Waals surface area contributed by atoms with E-state index >= 15 is 0 Å². The van der Waals surface area contributed by atoms with E-state index in [0.717, 1.165) is 5.56 Å². The van der Waals surface area contributed by atoms with Crippen LogP contribution in [0.5, 0.6) is 5.75 Å². The van der Waals surface area contributed by atoms with Crippen molar-refractivity contribution in [2.75, 3.05) is 19.7 Å². The molecule has 0 bridgehead atoms. The van der Waals surface area contributed by atoms with E-state index in [0.29, 0.717) is 25.4 Å². The summed E-state index contributed by atoms with van der Waals surface area (Å²) in [7, 11) is 0. The smallest absolute Gasteiger partial charge is 0.325 e. The molecule has 18 heavy (non-hydrogen) atoms. The van der Waals surface area contributed by atoms with Gasteiger partial charge in [-0.15, -0.1) is 0 Å². The molecule has 0 amide bonds. The van der Waals surface area contributed by atoms with Gasteiger partial charge in [0.15, 0.2) is 0 Å². The lowest BCUT2D eigenvalue weighted by molar-refractivity contribution is -0.143. The van der Waals surface area contributed by atoms with Crippen LogP contribution >= 0.6 is 0 Å². The van der Waals surface area contributed by atoms with Crippen LogP contribution in [-0.4, -0.2) is 35.7 Å². The maximum absolute atomic E-state index is 11.4. The predicted molar refractivity (Wildman–Crippen MR) is 70.9 cm³/mol. The van der Waals surface area contributed by atoms with Gasteiger partial charge in [0, 0.05) is 0 Å². The van der Waals surface area contributed by atoms with E-state index in [9.17, 15) is 9.90 Å². The van der Waals surface area contributed by atoms with Gasteiger partial charge in [0.2, 0.25) is 0 Å². The maximum Gasteiger partial charge on any atom is 0.325 e. The molecule has 100 valence electrons. The topological polar surface area (TPSA) is 49.8 Å². The Hall–Kier alpha value is -1.55. The molecule has 1 unspecified atom stereocenters. The van der Waals surface area contributed by atoms with Crippen molar-refractivity contribution in [2.45, 2.75) is 26.8 Å². The van der Waals surface area contributed by atoms with Crippen LogP contribution in [0.3, 0.4) is 0 Å². The highest BCUT2D eigenvalue weighted by Crippen LogP contribution is 2.24. The molecule has 1 rings (SSSR count). The molecular formula is C14H21NO3. The molecule has 0 aromatic heterocycles. The highest BCUT2D eigenvalue weighted by molar-refractivity contribution is 5.75. The van der Waals surface area contributed by atoms with Crippen LogP contribution < -0.4 is 4.74 Å². The lowest BCUT2D eigenvalue weighted by atomic mass is 10.0. The molecule has 0 fully saturated rings. The number of carbonyl (C=O) groups is 1. The van der Waals surface area contributed by atoms with Crippen molar-refractivity contribution in [1.82, 2.24) is 4.90 Å². The van der Waals surface area contributed by atoms with Gasteiger partial charge >= 0.3 is 5.97 Å². The molecular weight excluding hydrogens is 230 g/mol. The second-order valence-corrected chi connectivity index (χ2v) is 3.97. The molecule has 0 saturated heterocycles.